The molecule has 0 aromatic carbocycles. The first-order valence-corrected chi connectivity index (χ1v) is 10.7. The first-order valence-electron chi connectivity index (χ1n) is 10.7. The van der Waals surface area contributed by atoms with Gasteiger partial charge in [0.15, 0.2) is 0 Å². The maximum Gasteiger partial charge on any atom is 0.0524 e. The third kappa shape index (κ3) is 2.29. The van der Waals surface area contributed by atoms with Crippen LogP contribution in [0.25, 0.3) is 0 Å². The summed E-state index contributed by atoms with van der Waals surface area (Å²) in [6, 6.07) is 0. The van der Waals surface area contributed by atoms with Gasteiger partial charge in [-0.3, -0.25) is 0 Å². The summed E-state index contributed by atoms with van der Waals surface area (Å²) in [6.07, 6.45) is 15.5. The van der Waals surface area contributed by atoms with Gasteiger partial charge in [-0.25, -0.2) is 0 Å². The van der Waals surface area contributed by atoms with Gasteiger partial charge in [0.1, 0.15) is 0 Å². The molecule has 4 saturated carbocycles. The minimum Gasteiger partial charge on any atom is -0.384 e. The fraction of sp³-hybridized carbons (Fsp3) is 0.913. The molecular formula is C23H38O. The average molecular weight is 331 g/mol. The second kappa shape index (κ2) is 6.15. The lowest BCUT2D eigenvalue weighted by Crippen LogP contribution is -2.55. The van der Waals surface area contributed by atoms with Crippen LogP contribution in [0.5, 0.6) is 0 Å². The summed E-state index contributed by atoms with van der Waals surface area (Å²) in [5.41, 5.74) is 2.83. The molecular weight excluding hydrogens is 292 g/mol. The highest BCUT2D eigenvalue weighted by Gasteiger charge is 2.60. The zero-order valence-corrected chi connectivity index (χ0v) is 16.4. The summed E-state index contributed by atoms with van der Waals surface area (Å²) in [6.45, 7) is 8.40. The van der Waals surface area contributed by atoms with Gasteiger partial charge >= 0.3 is 0 Å². The van der Waals surface area contributed by atoms with Crippen molar-refractivity contribution in [3.05, 3.63) is 11.6 Å². The molecule has 7 atom stereocenters. The maximum atomic E-state index is 5.89. The molecule has 4 fully saturated rings. The molecule has 4 unspecified atom stereocenters. The van der Waals surface area contributed by atoms with E-state index in [1.54, 1.807) is 5.57 Å². The van der Waals surface area contributed by atoms with Crippen molar-refractivity contribution in [3.8, 4) is 0 Å². The van der Waals surface area contributed by atoms with Crippen LogP contribution < -0.4 is 0 Å². The Balaban J connectivity index is 1.66. The number of hydrogen-bond acceptors (Lipinski definition) is 1. The molecule has 0 heterocycles. The molecule has 0 spiro atoms. The Bertz CT molecular complexity index is 508. The average Bonchev–Trinajstić information content (AvgIpc) is 2.92. The van der Waals surface area contributed by atoms with Crippen LogP contribution >= 0.6 is 0 Å². The topological polar surface area (TPSA) is 9.23 Å². The van der Waals surface area contributed by atoms with E-state index in [2.05, 4.69) is 26.8 Å². The van der Waals surface area contributed by atoms with Crippen molar-refractivity contribution in [1.82, 2.24) is 0 Å². The first-order chi connectivity index (χ1) is 11.5. The van der Waals surface area contributed by atoms with Gasteiger partial charge in [0.05, 0.1) is 6.61 Å². The van der Waals surface area contributed by atoms with Crippen molar-refractivity contribution in [2.45, 2.75) is 78.6 Å². The molecule has 136 valence electrons. The van der Waals surface area contributed by atoms with E-state index < -0.39 is 0 Å². The van der Waals surface area contributed by atoms with Crippen LogP contribution in [-0.2, 0) is 4.74 Å². The number of fused-ring (bicyclic) bond motifs is 5. The Morgan fingerprint density at radius 1 is 1.08 bits per heavy atom. The van der Waals surface area contributed by atoms with Crippen LogP contribution in [0.3, 0.4) is 0 Å². The third-order valence-corrected chi connectivity index (χ3v) is 9.24. The smallest absolute Gasteiger partial charge is 0.0524 e. The highest BCUT2D eigenvalue weighted by molar-refractivity contribution is 5.23. The minimum atomic E-state index is 0.518. The van der Waals surface area contributed by atoms with Gasteiger partial charge in [-0.1, -0.05) is 31.9 Å². The van der Waals surface area contributed by atoms with Gasteiger partial charge in [0.2, 0.25) is 0 Å². The fourth-order valence-corrected chi connectivity index (χ4v) is 8.14. The minimum absolute atomic E-state index is 0.518. The van der Waals surface area contributed by atoms with E-state index in [4.69, 9.17) is 4.74 Å². The van der Waals surface area contributed by atoms with E-state index in [0.717, 1.165) is 36.2 Å². The quantitative estimate of drug-likeness (QED) is 0.545. The summed E-state index contributed by atoms with van der Waals surface area (Å²) in [4.78, 5) is 0. The van der Waals surface area contributed by atoms with Crippen molar-refractivity contribution in [2.75, 3.05) is 13.7 Å². The molecule has 0 aromatic rings. The van der Waals surface area contributed by atoms with Gasteiger partial charge in [-0.2, -0.15) is 0 Å². The zero-order chi connectivity index (χ0) is 16.9. The van der Waals surface area contributed by atoms with Gasteiger partial charge in [-0.05, 0) is 98.7 Å². The Morgan fingerprint density at radius 3 is 2.67 bits per heavy atom. The van der Waals surface area contributed by atoms with Crippen molar-refractivity contribution >= 4 is 0 Å². The van der Waals surface area contributed by atoms with Crippen molar-refractivity contribution in [3.63, 3.8) is 0 Å². The van der Waals surface area contributed by atoms with Crippen LogP contribution in [0.4, 0.5) is 0 Å². The normalized spacial score (nSPS) is 52.7. The van der Waals surface area contributed by atoms with Crippen molar-refractivity contribution in [2.24, 2.45) is 40.4 Å². The highest BCUT2D eigenvalue weighted by Crippen LogP contribution is 2.67. The summed E-state index contributed by atoms with van der Waals surface area (Å²) in [7, 11) is 1.95. The van der Waals surface area contributed by atoms with Crippen molar-refractivity contribution < 1.29 is 4.74 Å². The lowest BCUT2D eigenvalue weighted by Gasteiger charge is -2.61. The van der Waals surface area contributed by atoms with E-state index in [1.807, 2.05) is 7.11 Å². The molecule has 0 saturated heterocycles. The summed E-state index contributed by atoms with van der Waals surface area (Å²) in [5.74, 6) is 4.75. The Hall–Kier alpha value is -0.300. The lowest BCUT2D eigenvalue weighted by atomic mass is 9.44. The standard InChI is InChI=1S/C23H38O/c1-5-17-7-9-20-19-8-6-18-14-16(2)10-13-23(18,15-24-4)21(19)11-12-22(17,20)3/h5,16,18-21H,6-15H2,1-4H3/b17-5+/t16-,18?,19?,20?,21?,22+,23+/m0/s1. The molecule has 1 heteroatoms. The van der Waals surface area contributed by atoms with Crippen molar-refractivity contribution in [1.29, 1.82) is 0 Å². The molecule has 0 aliphatic heterocycles. The molecule has 1 nitrogen and oxygen atoms in total. The third-order valence-electron chi connectivity index (χ3n) is 9.24. The predicted molar refractivity (Wildman–Crippen MR) is 101 cm³/mol. The molecule has 0 amide bonds. The highest BCUT2D eigenvalue weighted by atomic mass is 16.5. The maximum absolute atomic E-state index is 5.89. The number of methoxy groups -OCH3 is 1. The summed E-state index contributed by atoms with van der Waals surface area (Å²) >= 11 is 0. The number of hydrogen-bond donors (Lipinski definition) is 0. The molecule has 4 aliphatic rings. The van der Waals surface area contributed by atoms with E-state index in [-0.39, 0.29) is 0 Å². The lowest BCUT2D eigenvalue weighted by molar-refractivity contribution is -0.142. The molecule has 0 bridgehead atoms. The molecule has 0 radical (unpaired) electrons. The van der Waals surface area contributed by atoms with E-state index >= 15 is 0 Å². The monoisotopic (exact) mass is 330 g/mol. The van der Waals surface area contributed by atoms with Gasteiger partial charge < -0.3 is 4.74 Å². The van der Waals surface area contributed by atoms with Crippen LogP contribution in [0, 0.1) is 40.4 Å². The number of allylic oxidation sites excluding steroid dienone is 2. The van der Waals surface area contributed by atoms with Crippen LogP contribution in [-0.4, -0.2) is 13.7 Å². The van der Waals surface area contributed by atoms with Gasteiger partial charge in [-0.15, -0.1) is 0 Å². The number of rotatable bonds is 2. The van der Waals surface area contributed by atoms with E-state index in [0.29, 0.717) is 10.8 Å². The van der Waals surface area contributed by atoms with Gasteiger partial charge in [0, 0.05) is 7.11 Å². The van der Waals surface area contributed by atoms with E-state index in [9.17, 15) is 0 Å². The Labute approximate surface area is 149 Å². The second-order valence-electron chi connectivity index (χ2n) is 10.0. The molecule has 0 N–H and O–H groups in total. The Morgan fingerprint density at radius 2 is 1.92 bits per heavy atom. The van der Waals surface area contributed by atoms with E-state index in [1.165, 1.54) is 57.8 Å². The SMILES string of the molecule is C/C=C1\CCC2C3CCC4C[C@@H](C)CC[C@]4(COC)C3CC[C@]12C. The zero-order valence-electron chi connectivity index (χ0n) is 16.4. The summed E-state index contributed by atoms with van der Waals surface area (Å²) in [5, 5.41) is 0. The number of ether oxygens (including phenoxy) is 1. The fourth-order valence-electron chi connectivity index (χ4n) is 8.14. The molecule has 24 heavy (non-hydrogen) atoms. The molecule has 0 aromatic heterocycles. The predicted octanol–water partition coefficient (Wildman–Crippen LogP) is 6.24. The second-order valence-corrected chi connectivity index (χ2v) is 10.0. The summed E-state index contributed by atoms with van der Waals surface area (Å²) < 4.78 is 5.89. The molecule has 4 rings (SSSR count). The molecule has 4 aliphatic carbocycles. The van der Waals surface area contributed by atoms with Crippen LogP contribution in [0.15, 0.2) is 11.6 Å². The van der Waals surface area contributed by atoms with Crippen LogP contribution in [0.2, 0.25) is 0 Å². The van der Waals surface area contributed by atoms with Gasteiger partial charge in [0.25, 0.3) is 0 Å². The Kier molecular flexibility index (Phi) is 4.39. The largest absolute Gasteiger partial charge is 0.384 e. The first kappa shape index (κ1) is 17.1. The van der Waals surface area contributed by atoms with Crippen LogP contribution in [0.1, 0.15) is 78.6 Å².